The Labute approximate surface area is 84.2 Å². The van der Waals surface area contributed by atoms with Gasteiger partial charge in [-0.05, 0) is 31.2 Å². The van der Waals surface area contributed by atoms with Crippen molar-refractivity contribution in [2.45, 2.75) is 6.92 Å². The molecule has 2 nitrogen and oxygen atoms in total. The van der Waals surface area contributed by atoms with Crippen LogP contribution in [0.1, 0.15) is 5.56 Å². The van der Waals surface area contributed by atoms with Gasteiger partial charge in [0.2, 0.25) is 0 Å². The minimum Gasteiger partial charge on any atom is -0.363 e. The second kappa shape index (κ2) is 3.29. The largest absolute Gasteiger partial charge is 0.363 e. The van der Waals surface area contributed by atoms with Gasteiger partial charge in [0.1, 0.15) is 5.82 Å². The van der Waals surface area contributed by atoms with E-state index < -0.39 is 0 Å². The molecule has 0 aliphatic rings. The van der Waals surface area contributed by atoms with E-state index in [1.54, 1.807) is 0 Å². The Morgan fingerprint density at radius 3 is 2.57 bits per heavy atom. The second-order valence-corrected chi connectivity index (χ2v) is 3.76. The minimum atomic E-state index is 1.00. The molecule has 2 rings (SSSR count). The smallest absolute Gasteiger partial charge is 0.128 e. The fourth-order valence-electron chi connectivity index (χ4n) is 1.48. The highest BCUT2D eigenvalue weighted by Crippen LogP contribution is 2.17. The van der Waals surface area contributed by atoms with Crippen molar-refractivity contribution in [1.82, 2.24) is 4.98 Å². The first-order chi connectivity index (χ1) is 6.66. The van der Waals surface area contributed by atoms with Gasteiger partial charge in [0.25, 0.3) is 0 Å². The monoisotopic (exact) mass is 186 g/mol. The van der Waals surface area contributed by atoms with Gasteiger partial charge >= 0.3 is 0 Å². The van der Waals surface area contributed by atoms with E-state index in [0.29, 0.717) is 0 Å². The van der Waals surface area contributed by atoms with Crippen LogP contribution in [0.5, 0.6) is 0 Å². The van der Waals surface area contributed by atoms with E-state index in [4.69, 9.17) is 0 Å². The van der Waals surface area contributed by atoms with Crippen molar-refractivity contribution in [3.8, 4) is 0 Å². The van der Waals surface area contributed by atoms with E-state index in [9.17, 15) is 0 Å². The average molecular weight is 186 g/mol. The summed E-state index contributed by atoms with van der Waals surface area (Å²) in [5.41, 5.74) is 2.33. The molecule has 0 amide bonds. The van der Waals surface area contributed by atoms with Crippen molar-refractivity contribution in [1.29, 1.82) is 0 Å². The van der Waals surface area contributed by atoms with Crippen molar-refractivity contribution in [2.75, 3.05) is 19.0 Å². The summed E-state index contributed by atoms with van der Waals surface area (Å²) in [6, 6.07) is 10.5. The Hall–Kier alpha value is -1.57. The van der Waals surface area contributed by atoms with Crippen LogP contribution in [0.2, 0.25) is 0 Å². The van der Waals surface area contributed by atoms with Gasteiger partial charge in [-0.2, -0.15) is 0 Å². The molecule has 0 unspecified atom stereocenters. The molecule has 0 atom stereocenters. The summed E-state index contributed by atoms with van der Waals surface area (Å²) in [6.07, 6.45) is 0. The van der Waals surface area contributed by atoms with E-state index >= 15 is 0 Å². The topological polar surface area (TPSA) is 16.1 Å². The molecule has 0 aliphatic heterocycles. The summed E-state index contributed by atoms with van der Waals surface area (Å²) in [6.45, 7) is 2.10. The maximum absolute atomic E-state index is 4.54. The van der Waals surface area contributed by atoms with E-state index in [1.807, 2.05) is 25.1 Å². The quantitative estimate of drug-likeness (QED) is 0.680. The van der Waals surface area contributed by atoms with E-state index in [0.717, 1.165) is 11.3 Å². The Morgan fingerprint density at radius 2 is 1.86 bits per heavy atom. The number of fused-ring (bicyclic) bond motifs is 1. The summed E-state index contributed by atoms with van der Waals surface area (Å²) in [7, 11) is 4.00. The molecule has 0 aliphatic carbocycles. The number of hydrogen-bond acceptors (Lipinski definition) is 2. The lowest BCUT2D eigenvalue weighted by Gasteiger charge is -2.11. The average Bonchev–Trinajstić information content (AvgIpc) is 2.16. The molecule has 0 radical (unpaired) electrons. The first kappa shape index (κ1) is 9.00. The molecule has 0 saturated carbocycles. The zero-order chi connectivity index (χ0) is 10.1. The maximum Gasteiger partial charge on any atom is 0.128 e. The molecule has 1 heterocycles. The number of anilines is 1. The normalized spacial score (nSPS) is 10.5. The van der Waals surface area contributed by atoms with Crippen LogP contribution in [-0.4, -0.2) is 19.1 Å². The van der Waals surface area contributed by atoms with Gasteiger partial charge in [-0.25, -0.2) is 4.98 Å². The third kappa shape index (κ3) is 1.55. The second-order valence-electron chi connectivity index (χ2n) is 3.76. The number of pyridine rings is 1. The fourth-order valence-corrected chi connectivity index (χ4v) is 1.48. The summed E-state index contributed by atoms with van der Waals surface area (Å²) in [5.74, 6) is 1.00. The lowest BCUT2D eigenvalue weighted by atomic mass is 10.1. The molecule has 2 aromatic rings. The fraction of sp³-hybridized carbons (Fsp3) is 0.250. The number of rotatable bonds is 1. The summed E-state index contributed by atoms with van der Waals surface area (Å²) in [4.78, 5) is 6.55. The van der Waals surface area contributed by atoms with Gasteiger partial charge in [-0.15, -0.1) is 0 Å². The SMILES string of the molecule is Cc1ccc2nc(N(C)C)ccc2c1. The van der Waals surface area contributed by atoms with E-state index in [1.165, 1.54) is 10.9 Å². The van der Waals surface area contributed by atoms with Gasteiger partial charge in [-0.1, -0.05) is 11.6 Å². The van der Waals surface area contributed by atoms with Gasteiger partial charge < -0.3 is 4.90 Å². The zero-order valence-corrected chi connectivity index (χ0v) is 8.78. The van der Waals surface area contributed by atoms with Crippen LogP contribution >= 0.6 is 0 Å². The van der Waals surface area contributed by atoms with Gasteiger partial charge in [-0.3, -0.25) is 0 Å². The van der Waals surface area contributed by atoms with Gasteiger partial charge in [0, 0.05) is 19.5 Å². The van der Waals surface area contributed by atoms with Crippen molar-refractivity contribution in [3.05, 3.63) is 35.9 Å². The summed E-state index contributed by atoms with van der Waals surface area (Å²) >= 11 is 0. The summed E-state index contributed by atoms with van der Waals surface area (Å²) < 4.78 is 0. The van der Waals surface area contributed by atoms with Crippen LogP contribution in [0, 0.1) is 6.92 Å². The molecular weight excluding hydrogens is 172 g/mol. The highest BCUT2D eigenvalue weighted by molar-refractivity contribution is 5.80. The molecule has 1 aromatic carbocycles. The van der Waals surface area contributed by atoms with Crippen LogP contribution in [0.3, 0.4) is 0 Å². The number of hydrogen-bond donors (Lipinski definition) is 0. The number of aryl methyl sites for hydroxylation is 1. The van der Waals surface area contributed by atoms with Crippen molar-refractivity contribution in [2.24, 2.45) is 0 Å². The molecule has 72 valence electrons. The predicted octanol–water partition coefficient (Wildman–Crippen LogP) is 2.61. The number of aromatic nitrogens is 1. The first-order valence-corrected chi connectivity index (χ1v) is 4.71. The van der Waals surface area contributed by atoms with Crippen LogP contribution in [0.15, 0.2) is 30.3 Å². The Morgan fingerprint density at radius 1 is 1.07 bits per heavy atom. The highest BCUT2D eigenvalue weighted by atomic mass is 15.1. The predicted molar refractivity (Wildman–Crippen MR) is 60.8 cm³/mol. The van der Waals surface area contributed by atoms with E-state index in [2.05, 4.69) is 36.2 Å². The standard InChI is InChI=1S/C12H14N2/c1-9-4-6-11-10(8-9)5-7-12(13-11)14(2)3/h4-8H,1-3H3. The molecule has 0 spiro atoms. The highest BCUT2D eigenvalue weighted by Gasteiger charge is 1.99. The third-order valence-corrected chi connectivity index (χ3v) is 2.29. The van der Waals surface area contributed by atoms with Crippen LogP contribution in [-0.2, 0) is 0 Å². The molecule has 14 heavy (non-hydrogen) atoms. The Balaban J connectivity index is 2.62. The van der Waals surface area contributed by atoms with Gasteiger partial charge in [0.05, 0.1) is 5.52 Å². The molecule has 0 saturated heterocycles. The Bertz CT molecular complexity index is 461. The van der Waals surface area contributed by atoms with Crippen molar-refractivity contribution < 1.29 is 0 Å². The Kier molecular flexibility index (Phi) is 2.12. The first-order valence-electron chi connectivity index (χ1n) is 4.71. The summed E-state index contributed by atoms with van der Waals surface area (Å²) in [5, 5.41) is 1.20. The van der Waals surface area contributed by atoms with Crippen LogP contribution in [0.4, 0.5) is 5.82 Å². The van der Waals surface area contributed by atoms with Crippen LogP contribution in [0.25, 0.3) is 10.9 Å². The number of nitrogens with zero attached hydrogens (tertiary/aromatic N) is 2. The third-order valence-electron chi connectivity index (χ3n) is 2.29. The minimum absolute atomic E-state index is 1.00. The maximum atomic E-state index is 4.54. The molecule has 0 fully saturated rings. The molecule has 2 heteroatoms. The van der Waals surface area contributed by atoms with E-state index in [-0.39, 0.29) is 0 Å². The van der Waals surface area contributed by atoms with Crippen molar-refractivity contribution >= 4 is 16.7 Å². The molecule has 1 aromatic heterocycles. The molecule has 0 bridgehead atoms. The lowest BCUT2D eigenvalue weighted by Crippen LogP contribution is -2.10. The number of benzene rings is 1. The molecule has 0 N–H and O–H groups in total. The van der Waals surface area contributed by atoms with Crippen LogP contribution < -0.4 is 4.90 Å². The zero-order valence-electron chi connectivity index (χ0n) is 8.78. The molecular formula is C12H14N2. The van der Waals surface area contributed by atoms with Crippen molar-refractivity contribution in [3.63, 3.8) is 0 Å². The lowest BCUT2D eigenvalue weighted by molar-refractivity contribution is 1.08. The van der Waals surface area contributed by atoms with Gasteiger partial charge in [0.15, 0.2) is 0 Å².